The van der Waals surface area contributed by atoms with Crippen LogP contribution < -0.4 is 4.74 Å². The molecule has 0 spiro atoms. The van der Waals surface area contributed by atoms with Gasteiger partial charge in [0.05, 0.1) is 18.6 Å². The van der Waals surface area contributed by atoms with Gasteiger partial charge in [-0.2, -0.15) is 5.10 Å². The van der Waals surface area contributed by atoms with Gasteiger partial charge in [0.25, 0.3) is 0 Å². The molecule has 1 saturated carbocycles. The lowest BCUT2D eigenvalue weighted by atomic mass is 10.0. The molecule has 8 heteroatoms. The van der Waals surface area contributed by atoms with Gasteiger partial charge in [0.2, 0.25) is 5.91 Å². The molecule has 1 aliphatic rings. The second-order valence-corrected chi connectivity index (χ2v) is 11.2. The SMILES string of the molecule is COc1ccc(-c2nc(-c3ccncc3)nn2CCCN(C(=O)Cc2cccc3ccccc23)C2CCCC2)cc1Cl. The van der Waals surface area contributed by atoms with Crippen LogP contribution in [0.2, 0.25) is 5.02 Å². The van der Waals surface area contributed by atoms with Crippen molar-refractivity contribution in [1.82, 2.24) is 24.6 Å². The number of carbonyl (C=O) groups is 1. The molecule has 6 rings (SSSR count). The molecule has 0 bridgehead atoms. The fourth-order valence-electron chi connectivity index (χ4n) is 5.97. The van der Waals surface area contributed by atoms with Gasteiger partial charge in [-0.1, -0.05) is 66.9 Å². The van der Waals surface area contributed by atoms with Crippen LogP contribution >= 0.6 is 11.6 Å². The van der Waals surface area contributed by atoms with Gasteiger partial charge >= 0.3 is 0 Å². The molecule has 0 N–H and O–H groups in total. The van der Waals surface area contributed by atoms with Crippen LogP contribution in [0.3, 0.4) is 0 Å². The molecule has 2 heterocycles. The molecule has 1 fully saturated rings. The summed E-state index contributed by atoms with van der Waals surface area (Å²) in [5, 5.41) is 7.70. The van der Waals surface area contributed by atoms with Gasteiger partial charge in [-0.25, -0.2) is 9.67 Å². The summed E-state index contributed by atoms with van der Waals surface area (Å²) in [5.74, 6) is 2.15. The van der Waals surface area contributed by atoms with E-state index in [1.165, 1.54) is 12.8 Å². The normalized spacial score (nSPS) is 13.5. The van der Waals surface area contributed by atoms with Crippen molar-refractivity contribution < 1.29 is 9.53 Å². The van der Waals surface area contributed by atoms with Crippen LogP contribution in [0.5, 0.6) is 5.75 Å². The standard InChI is InChI=1S/C34H34ClN5O2/c1-42-31-15-14-27(22-30(31)35)34-37-33(25-16-18-36-19-17-25)38-40(34)21-7-20-39(28-11-3-4-12-28)32(41)23-26-10-6-9-24-8-2-5-13-29(24)26/h2,5-6,8-10,13-19,22,28H,3-4,7,11-12,20-21,23H2,1H3. The Morgan fingerprint density at radius 2 is 1.79 bits per heavy atom. The van der Waals surface area contributed by atoms with E-state index < -0.39 is 0 Å². The minimum absolute atomic E-state index is 0.191. The summed E-state index contributed by atoms with van der Waals surface area (Å²) in [6.45, 7) is 1.28. The number of rotatable bonds is 10. The van der Waals surface area contributed by atoms with E-state index in [4.69, 9.17) is 26.4 Å². The van der Waals surface area contributed by atoms with E-state index in [0.717, 1.165) is 52.5 Å². The van der Waals surface area contributed by atoms with E-state index in [1.807, 2.05) is 53.2 Å². The Morgan fingerprint density at radius 3 is 2.57 bits per heavy atom. The molecule has 5 aromatic rings. The summed E-state index contributed by atoms with van der Waals surface area (Å²) in [4.78, 5) is 25.0. The number of methoxy groups -OCH3 is 1. The number of carbonyl (C=O) groups excluding carboxylic acids is 1. The van der Waals surface area contributed by atoms with E-state index in [2.05, 4.69) is 34.1 Å². The third-order valence-electron chi connectivity index (χ3n) is 8.10. The van der Waals surface area contributed by atoms with Crippen molar-refractivity contribution in [2.75, 3.05) is 13.7 Å². The number of pyridine rings is 1. The average molecular weight is 580 g/mol. The first kappa shape index (κ1) is 27.9. The molecule has 1 aliphatic carbocycles. The average Bonchev–Trinajstić information content (AvgIpc) is 3.71. The maximum absolute atomic E-state index is 13.8. The van der Waals surface area contributed by atoms with E-state index in [-0.39, 0.29) is 11.9 Å². The minimum Gasteiger partial charge on any atom is -0.495 e. The largest absolute Gasteiger partial charge is 0.495 e. The van der Waals surface area contributed by atoms with Crippen molar-refractivity contribution >= 4 is 28.3 Å². The van der Waals surface area contributed by atoms with Crippen molar-refractivity contribution in [3.63, 3.8) is 0 Å². The molecule has 0 unspecified atom stereocenters. The first-order valence-corrected chi connectivity index (χ1v) is 14.9. The Balaban J connectivity index is 1.24. The van der Waals surface area contributed by atoms with Crippen LogP contribution in [0, 0.1) is 0 Å². The van der Waals surface area contributed by atoms with Gasteiger partial charge < -0.3 is 9.64 Å². The van der Waals surface area contributed by atoms with E-state index in [9.17, 15) is 4.79 Å². The van der Waals surface area contributed by atoms with Crippen LogP contribution in [0.1, 0.15) is 37.7 Å². The monoisotopic (exact) mass is 579 g/mol. The van der Waals surface area contributed by atoms with Crippen molar-refractivity contribution in [1.29, 1.82) is 0 Å². The van der Waals surface area contributed by atoms with E-state index in [1.54, 1.807) is 19.5 Å². The Morgan fingerprint density at radius 1 is 1.00 bits per heavy atom. The summed E-state index contributed by atoms with van der Waals surface area (Å²) in [5.41, 5.74) is 2.83. The number of ether oxygens (including phenoxy) is 1. The number of aromatic nitrogens is 4. The number of benzene rings is 3. The van der Waals surface area contributed by atoms with Gasteiger partial charge in [-0.05, 0) is 65.9 Å². The minimum atomic E-state index is 0.191. The van der Waals surface area contributed by atoms with Gasteiger partial charge in [-0.15, -0.1) is 0 Å². The third-order valence-corrected chi connectivity index (χ3v) is 8.39. The molecule has 0 aliphatic heterocycles. The molecule has 1 amide bonds. The number of nitrogens with zero attached hydrogens (tertiary/aromatic N) is 5. The van der Waals surface area contributed by atoms with Crippen LogP contribution in [0.25, 0.3) is 33.5 Å². The van der Waals surface area contributed by atoms with Crippen molar-refractivity contribution in [2.24, 2.45) is 0 Å². The Bertz CT molecular complexity index is 1680. The zero-order valence-electron chi connectivity index (χ0n) is 23.7. The predicted molar refractivity (Wildman–Crippen MR) is 166 cm³/mol. The quantitative estimate of drug-likeness (QED) is 0.174. The third kappa shape index (κ3) is 6.02. The Hall–Kier alpha value is -4.23. The summed E-state index contributed by atoms with van der Waals surface area (Å²) < 4.78 is 7.28. The summed E-state index contributed by atoms with van der Waals surface area (Å²) in [6.07, 6.45) is 9.10. The van der Waals surface area contributed by atoms with Crippen molar-refractivity contribution in [3.8, 4) is 28.5 Å². The van der Waals surface area contributed by atoms with Crippen LogP contribution in [-0.2, 0) is 17.8 Å². The lowest BCUT2D eigenvalue weighted by Gasteiger charge is -2.29. The highest BCUT2D eigenvalue weighted by atomic mass is 35.5. The fraction of sp³-hybridized carbons (Fsp3) is 0.294. The maximum atomic E-state index is 13.8. The zero-order chi connectivity index (χ0) is 28.9. The lowest BCUT2D eigenvalue weighted by Crippen LogP contribution is -2.40. The Kier molecular flexibility index (Phi) is 8.47. The molecule has 0 radical (unpaired) electrons. The Labute approximate surface area is 251 Å². The number of hydrogen-bond donors (Lipinski definition) is 0. The molecule has 3 aromatic carbocycles. The molecule has 214 valence electrons. The first-order valence-electron chi connectivity index (χ1n) is 14.6. The topological polar surface area (TPSA) is 73.1 Å². The second-order valence-electron chi connectivity index (χ2n) is 10.8. The van der Waals surface area contributed by atoms with Crippen molar-refractivity contribution in [3.05, 3.63) is 95.8 Å². The highest BCUT2D eigenvalue weighted by Gasteiger charge is 2.27. The molecule has 0 saturated heterocycles. The van der Waals surface area contributed by atoms with E-state index in [0.29, 0.717) is 36.1 Å². The fourth-order valence-corrected chi connectivity index (χ4v) is 6.23. The summed E-state index contributed by atoms with van der Waals surface area (Å²) in [6, 6.07) is 24.2. The molecule has 2 aromatic heterocycles. The zero-order valence-corrected chi connectivity index (χ0v) is 24.5. The molecular formula is C34H34ClN5O2. The summed E-state index contributed by atoms with van der Waals surface area (Å²) >= 11 is 6.48. The van der Waals surface area contributed by atoms with Crippen molar-refractivity contribution in [2.45, 2.75) is 51.1 Å². The van der Waals surface area contributed by atoms with E-state index >= 15 is 0 Å². The smallest absolute Gasteiger partial charge is 0.227 e. The highest BCUT2D eigenvalue weighted by molar-refractivity contribution is 6.32. The number of fused-ring (bicyclic) bond motifs is 1. The maximum Gasteiger partial charge on any atom is 0.227 e. The van der Waals surface area contributed by atoms with Gasteiger partial charge in [0, 0.05) is 42.7 Å². The number of hydrogen-bond acceptors (Lipinski definition) is 5. The van der Waals surface area contributed by atoms with Crippen LogP contribution in [0.15, 0.2) is 85.2 Å². The molecule has 7 nitrogen and oxygen atoms in total. The second kappa shape index (κ2) is 12.7. The molecule has 42 heavy (non-hydrogen) atoms. The molecule has 0 atom stereocenters. The van der Waals surface area contributed by atoms with Crippen LogP contribution in [-0.4, -0.2) is 50.3 Å². The lowest BCUT2D eigenvalue weighted by molar-refractivity contribution is -0.132. The summed E-state index contributed by atoms with van der Waals surface area (Å²) in [7, 11) is 1.60. The highest BCUT2D eigenvalue weighted by Crippen LogP contribution is 2.31. The predicted octanol–water partition coefficient (Wildman–Crippen LogP) is 7.23. The number of halogens is 1. The van der Waals surface area contributed by atoms with Crippen LogP contribution in [0.4, 0.5) is 0 Å². The first-order chi connectivity index (χ1) is 20.6. The van der Waals surface area contributed by atoms with Gasteiger partial charge in [0.1, 0.15) is 5.75 Å². The number of amides is 1. The molecular weight excluding hydrogens is 546 g/mol. The number of aryl methyl sites for hydroxylation is 1. The van der Waals surface area contributed by atoms with Gasteiger partial charge in [-0.3, -0.25) is 9.78 Å². The van der Waals surface area contributed by atoms with Gasteiger partial charge in [0.15, 0.2) is 11.6 Å².